The Morgan fingerprint density at radius 2 is 1.75 bits per heavy atom. The van der Waals surface area contributed by atoms with Crippen molar-refractivity contribution in [2.45, 2.75) is 0 Å². The number of primary amides is 1. The van der Waals surface area contributed by atoms with Crippen LogP contribution in [0.1, 0.15) is 15.9 Å². The number of rotatable bonds is 4. The molecule has 20 heavy (non-hydrogen) atoms. The summed E-state index contributed by atoms with van der Waals surface area (Å²) in [6, 6.07) is 11.5. The van der Waals surface area contributed by atoms with Crippen LogP contribution in [0.2, 0.25) is 5.02 Å². The van der Waals surface area contributed by atoms with Crippen LogP contribution >= 0.6 is 23.8 Å². The van der Waals surface area contributed by atoms with Crippen LogP contribution in [0.5, 0.6) is 11.5 Å². The highest BCUT2D eigenvalue weighted by Crippen LogP contribution is 2.30. The van der Waals surface area contributed by atoms with E-state index in [1.54, 1.807) is 42.5 Å². The average Bonchev–Trinajstić information content (AvgIpc) is 2.38. The van der Waals surface area contributed by atoms with Crippen molar-refractivity contribution in [2.75, 3.05) is 0 Å². The first-order chi connectivity index (χ1) is 9.49. The van der Waals surface area contributed by atoms with Crippen LogP contribution in [0.15, 0.2) is 42.5 Å². The zero-order valence-corrected chi connectivity index (χ0v) is 11.9. The van der Waals surface area contributed by atoms with Crippen molar-refractivity contribution in [2.24, 2.45) is 11.5 Å². The number of carbonyl (C=O) groups is 1. The van der Waals surface area contributed by atoms with Crippen LogP contribution in [0.4, 0.5) is 0 Å². The van der Waals surface area contributed by atoms with E-state index in [0.29, 0.717) is 22.1 Å². The molecule has 0 aliphatic rings. The zero-order valence-electron chi connectivity index (χ0n) is 10.3. The van der Waals surface area contributed by atoms with Gasteiger partial charge in [-0.25, -0.2) is 0 Å². The topological polar surface area (TPSA) is 78.3 Å². The van der Waals surface area contributed by atoms with Gasteiger partial charge in [0.15, 0.2) is 0 Å². The number of ether oxygens (including phenoxy) is 1. The SMILES string of the molecule is NC(=O)c1ccccc1Oc1cc(Cl)ccc1C(N)=S. The number of carbonyl (C=O) groups excluding carboxylic acids is 1. The molecule has 0 aromatic heterocycles. The van der Waals surface area contributed by atoms with Gasteiger partial charge < -0.3 is 16.2 Å². The fourth-order valence-corrected chi connectivity index (χ4v) is 1.99. The molecule has 0 aliphatic carbocycles. The Labute approximate surface area is 126 Å². The number of nitrogens with two attached hydrogens (primary N) is 2. The first-order valence-corrected chi connectivity index (χ1v) is 6.43. The van der Waals surface area contributed by atoms with Gasteiger partial charge in [0, 0.05) is 11.1 Å². The van der Waals surface area contributed by atoms with Gasteiger partial charge >= 0.3 is 0 Å². The maximum Gasteiger partial charge on any atom is 0.252 e. The second-order valence-corrected chi connectivity index (χ2v) is 4.84. The molecular weight excluding hydrogens is 296 g/mol. The molecule has 0 heterocycles. The molecule has 2 aromatic carbocycles. The molecule has 0 unspecified atom stereocenters. The van der Waals surface area contributed by atoms with Gasteiger partial charge in [0.1, 0.15) is 16.5 Å². The minimum Gasteiger partial charge on any atom is -0.456 e. The van der Waals surface area contributed by atoms with Gasteiger partial charge in [-0.05, 0) is 24.3 Å². The van der Waals surface area contributed by atoms with Crippen molar-refractivity contribution in [3.63, 3.8) is 0 Å². The molecule has 6 heteroatoms. The summed E-state index contributed by atoms with van der Waals surface area (Å²) >= 11 is 10.9. The quantitative estimate of drug-likeness (QED) is 0.851. The third-order valence-electron chi connectivity index (χ3n) is 2.58. The van der Waals surface area contributed by atoms with E-state index in [9.17, 15) is 4.79 Å². The summed E-state index contributed by atoms with van der Waals surface area (Å²) in [5.74, 6) is 0.109. The van der Waals surface area contributed by atoms with E-state index in [0.717, 1.165) is 0 Å². The average molecular weight is 307 g/mol. The predicted molar refractivity (Wildman–Crippen MR) is 82.4 cm³/mol. The molecule has 0 aliphatic heterocycles. The van der Waals surface area contributed by atoms with Crippen LogP contribution in [0.25, 0.3) is 0 Å². The summed E-state index contributed by atoms with van der Waals surface area (Å²) in [4.78, 5) is 11.5. The van der Waals surface area contributed by atoms with Crippen LogP contribution in [0.3, 0.4) is 0 Å². The molecule has 0 saturated carbocycles. The van der Waals surface area contributed by atoms with Gasteiger partial charge in [0.05, 0.1) is 11.1 Å². The van der Waals surface area contributed by atoms with Crippen molar-refractivity contribution in [3.05, 3.63) is 58.6 Å². The summed E-state index contributed by atoms with van der Waals surface area (Å²) in [6.45, 7) is 0. The van der Waals surface area contributed by atoms with Crippen molar-refractivity contribution in [1.82, 2.24) is 0 Å². The highest BCUT2D eigenvalue weighted by Gasteiger charge is 2.13. The first-order valence-electron chi connectivity index (χ1n) is 5.65. The Hall–Kier alpha value is -2.11. The molecule has 0 saturated heterocycles. The van der Waals surface area contributed by atoms with Gasteiger partial charge in [0.2, 0.25) is 0 Å². The number of halogens is 1. The minimum absolute atomic E-state index is 0.174. The van der Waals surface area contributed by atoms with E-state index >= 15 is 0 Å². The Morgan fingerprint density at radius 1 is 1.05 bits per heavy atom. The van der Waals surface area contributed by atoms with E-state index in [1.807, 2.05) is 0 Å². The standard InChI is InChI=1S/C14H11ClN2O2S/c15-8-5-6-10(14(17)20)12(7-8)19-11-4-2-1-3-9(11)13(16)18/h1-7H,(H2,16,18)(H2,17,20). The van der Waals surface area contributed by atoms with Crippen LogP contribution in [-0.2, 0) is 0 Å². The van der Waals surface area contributed by atoms with Crippen molar-refractivity contribution in [1.29, 1.82) is 0 Å². The van der Waals surface area contributed by atoms with E-state index in [-0.39, 0.29) is 10.6 Å². The summed E-state index contributed by atoms with van der Waals surface area (Å²) in [5, 5.41) is 0.469. The highest BCUT2D eigenvalue weighted by molar-refractivity contribution is 7.80. The molecule has 2 rings (SSSR count). The molecule has 0 spiro atoms. The third-order valence-corrected chi connectivity index (χ3v) is 3.04. The lowest BCUT2D eigenvalue weighted by Gasteiger charge is -2.12. The van der Waals surface area contributed by atoms with E-state index in [1.165, 1.54) is 0 Å². The third kappa shape index (κ3) is 3.07. The van der Waals surface area contributed by atoms with Crippen LogP contribution in [-0.4, -0.2) is 10.9 Å². The molecule has 0 fully saturated rings. The maximum absolute atomic E-state index is 11.4. The summed E-state index contributed by atoms with van der Waals surface area (Å²) < 4.78 is 5.69. The summed E-state index contributed by atoms with van der Waals surface area (Å²) in [5.41, 5.74) is 11.7. The minimum atomic E-state index is -0.584. The Morgan fingerprint density at radius 3 is 2.40 bits per heavy atom. The number of para-hydroxylation sites is 1. The lowest BCUT2D eigenvalue weighted by molar-refractivity contribution is 0.0998. The lowest BCUT2D eigenvalue weighted by atomic mass is 10.1. The molecule has 0 atom stereocenters. The summed E-state index contributed by atoms with van der Waals surface area (Å²) in [7, 11) is 0. The number of thiocarbonyl (C=S) groups is 1. The zero-order chi connectivity index (χ0) is 14.7. The van der Waals surface area contributed by atoms with Crippen molar-refractivity contribution < 1.29 is 9.53 Å². The second kappa shape index (κ2) is 5.90. The smallest absolute Gasteiger partial charge is 0.252 e. The largest absolute Gasteiger partial charge is 0.456 e. The number of amides is 1. The Bertz CT molecular complexity index is 689. The van der Waals surface area contributed by atoms with Crippen LogP contribution < -0.4 is 16.2 Å². The van der Waals surface area contributed by atoms with E-state index in [2.05, 4.69) is 0 Å². The van der Waals surface area contributed by atoms with Gasteiger partial charge in [-0.3, -0.25) is 4.79 Å². The van der Waals surface area contributed by atoms with Gasteiger partial charge in [-0.1, -0.05) is 36.0 Å². The number of hydrogen-bond donors (Lipinski definition) is 2. The molecule has 4 nitrogen and oxygen atoms in total. The fourth-order valence-electron chi connectivity index (χ4n) is 1.66. The maximum atomic E-state index is 11.4. The number of benzene rings is 2. The molecule has 4 N–H and O–H groups in total. The molecule has 0 radical (unpaired) electrons. The van der Waals surface area contributed by atoms with E-state index in [4.69, 9.17) is 40.0 Å². The van der Waals surface area contributed by atoms with Crippen LogP contribution in [0, 0.1) is 0 Å². The Balaban J connectivity index is 2.47. The van der Waals surface area contributed by atoms with Gasteiger partial charge in [-0.2, -0.15) is 0 Å². The fraction of sp³-hybridized carbons (Fsp3) is 0. The highest BCUT2D eigenvalue weighted by atomic mass is 35.5. The monoisotopic (exact) mass is 306 g/mol. The van der Waals surface area contributed by atoms with Gasteiger partial charge in [-0.15, -0.1) is 0 Å². The van der Waals surface area contributed by atoms with E-state index < -0.39 is 5.91 Å². The Kier molecular flexibility index (Phi) is 4.22. The summed E-state index contributed by atoms with van der Waals surface area (Å²) in [6.07, 6.45) is 0. The predicted octanol–water partition coefficient (Wildman–Crippen LogP) is 2.87. The normalized spacial score (nSPS) is 10.1. The molecule has 2 aromatic rings. The molecular formula is C14H11ClN2O2S. The first kappa shape index (κ1) is 14.3. The number of hydrogen-bond acceptors (Lipinski definition) is 3. The molecule has 102 valence electrons. The second-order valence-electron chi connectivity index (χ2n) is 3.97. The molecule has 1 amide bonds. The molecule has 0 bridgehead atoms. The van der Waals surface area contributed by atoms with Crippen molar-refractivity contribution >= 4 is 34.7 Å². The lowest BCUT2D eigenvalue weighted by Crippen LogP contribution is -2.13. The van der Waals surface area contributed by atoms with Gasteiger partial charge in [0.25, 0.3) is 5.91 Å². The van der Waals surface area contributed by atoms with Crippen molar-refractivity contribution in [3.8, 4) is 11.5 Å².